The van der Waals surface area contributed by atoms with Gasteiger partial charge < -0.3 is 9.47 Å². The van der Waals surface area contributed by atoms with Crippen LogP contribution in [0.5, 0.6) is 5.75 Å². The highest BCUT2D eigenvalue weighted by Crippen LogP contribution is 2.54. The van der Waals surface area contributed by atoms with E-state index in [0.717, 1.165) is 34.2 Å². The average molecular weight is 299 g/mol. The molecule has 1 fully saturated rings. The van der Waals surface area contributed by atoms with Crippen LogP contribution >= 0.6 is 15.9 Å². The van der Waals surface area contributed by atoms with E-state index in [0.29, 0.717) is 0 Å². The summed E-state index contributed by atoms with van der Waals surface area (Å²) in [4.78, 5) is 11.9. The Morgan fingerprint density at radius 3 is 2.47 bits per heavy atom. The van der Waals surface area contributed by atoms with Crippen LogP contribution in [0.3, 0.4) is 0 Å². The number of carbonyl (C=O) groups is 1. The predicted molar refractivity (Wildman–Crippen MR) is 68.4 cm³/mol. The largest absolute Gasteiger partial charge is 0.496 e. The molecular formula is C13H15BrO3. The Labute approximate surface area is 109 Å². The van der Waals surface area contributed by atoms with Crippen LogP contribution < -0.4 is 4.74 Å². The van der Waals surface area contributed by atoms with Gasteiger partial charge in [0.1, 0.15) is 5.75 Å². The number of benzene rings is 1. The van der Waals surface area contributed by atoms with Crippen molar-refractivity contribution in [1.29, 1.82) is 0 Å². The molecule has 0 spiro atoms. The van der Waals surface area contributed by atoms with E-state index in [1.165, 1.54) is 7.11 Å². The number of ether oxygens (including phenoxy) is 2. The summed E-state index contributed by atoms with van der Waals surface area (Å²) in [6, 6.07) is 3.82. The van der Waals surface area contributed by atoms with E-state index in [1.54, 1.807) is 7.11 Å². The number of hydrogen-bond acceptors (Lipinski definition) is 3. The third-order valence-electron chi connectivity index (χ3n) is 3.39. The van der Waals surface area contributed by atoms with Crippen LogP contribution in [0.15, 0.2) is 16.6 Å². The summed E-state index contributed by atoms with van der Waals surface area (Å²) >= 11 is 3.49. The second-order valence-corrected chi connectivity index (χ2v) is 5.18. The zero-order valence-electron chi connectivity index (χ0n) is 10.2. The molecule has 2 rings (SSSR count). The van der Waals surface area contributed by atoms with Gasteiger partial charge >= 0.3 is 5.97 Å². The van der Waals surface area contributed by atoms with Gasteiger partial charge in [-0.05, 0) is 37.5 Å². The molecule has 0 unspecified atom stereocenters. The van der Waals surface area contributed by atoms with E-state index in [4.69, 9.17) is 9.47 Å². The van der Waals surface area contributed by atoms with E-state index in [9.17, 15) is 4.79 Å². The molecule has 4 heteroatoms. The monoisotopic (exact) mass is 298 g/mol. The van der Waals surface area contributed by atoms with Crippen LogP contribution in [0.25, 0.3) is 0 Å². The number of hydrogen-bond donors (Lipinski definition) is 0. The number of rotatable bonds is 3. The molecule has 0 amide bonds. The van der Waals surface area contributed by atoms with Crippen LogP contribution in [0, 0.1) is 6.92 Å². The van der Waals surface area contributed by atoms with Gasteiger partial charge in [0.05, 0.1) is 19.6 Å². The summed E-state index contributed by atoms with van der Waals surface area (Å²) in [6.45, 7) is 1.99. The lowest BCUT2D eigenvalue weighted by molar-refractivity contribution is -0.143. The fraction of sp³-hybridized carbons (Fsp3) is 0.462. The van der Waals surface area contributed by atoms with Crippen molar-refractivity contribution in [2.24, 2.45) is 0 Å². The van der Waals surface area contributed by atoms with Gasteiger partial charge in [-0.2, -0.15) is 0 Å². The Morgan fingerprint density at radius 1 is 1.35 bits per heavy atom. The molecule has 1 aromatic rings. The fourth-order valence-electron chi connectivity index (χ4n) is 2.30. The molecule has 0 aliphatic heterocycles. The lowest BCUT2D eigenvalue weighted by Crippen LogP contribution is -2.23. The van der Waals surface area contributed by atoms with Gasteiger partial charge in [-0.15, -0.1) is 0 Å². The van der Waals surface area contributed by atoms with E-state index in [-0.39, 0.29) is 5.97 Å². The minimum absolute atomic E-state index is 0.169. The Kier molecular flexibility index (Phi) is 3.17. The first-order chi connectivity index (χ1) is 8.06. The summed E-state index contributed by atoms with van der Waals surface area (Å²) in [7, 11) is 3.06. The molecule has 1 saturated carbocycles. The first-order valence-corrected chi connectivity index (χ1v) is 6.28. The summed E-state index contributed by atoms with van der Waals surface area (Å²) in [6.07, 6.45) is 1.65. The number of esters is 1. The molecule has 0 heterocycles. The second kappa shape index (κ2) is 4.33. The predicted octanol–water partition coefficient (Wildman–Crippen LogP) is 2.97. The topological polar surface area (TPSA) is 35.5 Å². The standard InChI is InChI=1S/C13H15BrO3/c1-8-9(14)4-5-10(16-2)11(8)13(6-7-13)12(15)17-3/h4-5H,6-7H2,1-3H3. The van der Waals surface area contributed by atoms with Crippen LogP contribution in [0.1, 0.15) is 24.0 Å². The summed E-state index contributed by atoms with van der Waals surface area (Å²) in [5.41, 5.74) is 1.52. The third-order valence-corrected chi connectivity index (χ3v) is 4.24. The van der Waals surface area contributed by atoms with Crippen LogP contribution in [-0.2, 0) is 14.9 Å². The summed E-state index contributed by atoms with van der Waals surface area (Å²) in [5.74, 6) is 0.589. The molecular weight excluding hydrogens is 284 g/mol. The Bertz CT molecular complexity index is 464. The van der Waals surface area contributed by atoms with Crippen molar-refractivity contribution >= 4 is 21.9 Å². The van der Waals surface area contributed by atoms with Crippen molar-refractivity contribution in [3.8, 4) is 5.75 Å². The molecule has 0 bridgehead atoms. The van der Waals surface area contributed by atoms with Crippen molar-refractivity contribution in [2.45, 2.75) is 25.2 Å². The molecule has 3 nitrogen and oxygen atoms in total. The molecule has 0 atom stereocenters. The number of methoxy groups -OCH3 is 2. The minimum Gasteiger partial charge on any atom is -0.496 e. The van der Waals surface area contributed by atoms with Crippen LogP contribution in [-0.4, -0.2) is 20.2 Å². The highest BCUT2D eigenvalue weighted by atomic mass is 79.9. The maximum absolute atomic E-state index is 11.9. The van der Waals surface area contributed by atoms with Gasteiger partial charge in [0.15, 0.2) is 0 Å². The van der Waals surface area contributed by atoms with Crippen molar-refractivity contribution in [3.63, 3.8) is 0 Å². The van der Waals surface area contributed by atoms with Crippen molar-refractivity contribution < 1.29 is 14.3 Å². The maximum atomic E-state index is 11.9. The first-order valence-electron chi connectivity index (χ1n) is 5.49. The van der Waals surface area contributed by atoms with Gasteiger partial charge in [0.25, 0.3) is 0 Å². The van der Waals surface area contributed by atoms with Gasteiger partial charge in [-0.3, -0.25) is 4.79 Å². The molecule has 0 radical (unpaired) electrons. The van der Waals surface area contributed by atoms with E-state index in [2.05, 4.69) is 15.9 Å². The van der Waals surface area contributed by atoms with Crippen molar-refractivity contribution in [1.82, 2.24) is 0 Å². The molecule has 1 aromatic carbocycles. The molecule has 92 valence electrons. The third kappa shape index (κ3) is 1.84. The Hall–Kier alpha value is -1.03. The van der Waals surface area contributed by atoms with Gasteiger partial charge in [0, 0.05) is 10.0 Å². The quantitative estimate of drug-likeness (QED) is 0.805. The Morgan fingerprint density at radius 2 is 2.00 bits per heavy atom. The lowest BCUT2D eigenvalue weighted by atomic mass is 9.91. The summed E-state index contributed by atoms with van der Waals surface area (Å²) in [5, 5.41) is 0. The molecule has 0 aromatic heterocycles. The van der Waals surface area contributed by atoms with Crippen LogP contribution in [0.2, 0.25) is 0 Å². The molecule has 0 N–H and O–H groups in total. The van der Waals surface area contributed by atoms with E-state index < -0.39 is 5.41 Å². The summed E-state index contributed by atoms with van der Waals surface area (Å²) < 4.78 is 11.3. The fourth-order valence-corrected chi connectivity index (χ4v) is 2.63. The lowest BCUT2D eigenvalue weighted by Gasteiger charge is -2.20. The SMILES string of the molecule is COC(=O)C1(c2c(OC)ccc(Br)c2C)CC1. The highest BCUT2D eigenvalue weighted by molar-refractivity contribution is 9.10. The molecule has 1 aliphatic rings. The zero-order valence-corrected chi connectivity index (χ0v) is 11.8. The Balaban J connectivity index is 2.58. The normalized spacial score (nSPS) is 16.5. The molecule has 17 heavy (non-hydrogen) atoms. The van der Waals surface area contributed by atoms with Crippen LogP contribution in [0.4, 0.5) is 0 Å². The first kappa shape index (κ1) is 12.4. The van der Waals surface area contributed by atoms with Crippen molar-refractivity contribution in [3.05, 3.63) is 27.7 Å². The second-order valence-electron chi connectivity index (χ2n) is 4.32. The minimum atomic E-state index is -0.492. The van der Waals surface area contributed by atoms with E-state index in [1.807, 2.05) is 19.1 Å². The highest BCUT2D eigenvalue weighted by Gasteiger charge is 2.55. The smallest absolute Gasteiger partial charge is 0.316 e. The maximum Gasteiger partial charge on any atom is 0.316 e. The van der Waals surface area contributed by atoms with Gasteiger partial charge in [-0.1, -0.05) is 15.9 Å². The average Bonchev–Trinajstić information content (AvgIpc) is 3.12. The van der Waals surface area contributed by atoms with Gasteiger partial charge in [0.2, 0.25) is 0 Å². The number of carbonyl (C=O) groups excluding carboxylic acids is 1. The zero-order chi connectivity index (χ0) is 12.6. The molecule has 1 aliphatic carbocycles. The van der Waals surface area contributed by atoms with E-state index >= 15 is 0 Å². The number of halogens is 1. The van der Waals surface area contributed by atoms with Crippen molar-refractivity contribution in [2.75, 3.05) is 14.2 Å². The molecule has 0 saturated heterocycles. The van der Waals surface area contributed by atoms with Gasteiger partial charge in [-0.25, -0.2) is 0 Å².